The summed E-state index contributed by atoms with van der Waals surface area (Å²) in [7, 11) is 0. The molecule has 3 heterocycles. The van der Waals surface area contributed by atoms with Crippen LogP contribution in [-0.4, -0.2) is 30.0 Å². The highest BCUT2D eigenvalue weighted by Gasteiger charge is 2.27. The first-order chi connectivity index (χ1) is 11.5. The van der Waals surface area contributed by atoms with Gasteiger partial charge in [0.2, 0.25) is 5.91 Å². The maximum absolute atomic E-state index is 12.4. The van der Waals surface area contributed by atoms with E-state index in [1.54, 1.807) is 24.3 Å². The molecule has 5 nitrogen and oxygen atoms in total. The second-order valence-electron chi connectivity index (χ2n) is 6.12. The second-order valence-corrected chi connectivity index (χ2v) is 7.12. The quantitative estimate of drug-likeness (QED) is 0.834. The maximum atomic E-state index is 12.4. The van der Waals surface area contributed by atoms with Crippen molar-refractivity contribution >= 4 is 17.2 Å². The first-order valence-corrected chi connectivity index (χ1v) is 8.98. The zero-order valence-corrected chi connectivity index (χ0v) is 14.7. The molecule has 1 fully saturated rings. The van der Waals surface area contributed by atoms with Gasteiger partial charge in [-0.25, -0.2) is 4.79 Å². The van der Waals surface area contributed by atoms with Crippen LogP contribution < -0.4 is 10.4 Å². The zero-order valence-electron chi connectivity index (χ0n) is 13.9. The van der Waals surface area contributed by atoms with E-state index in [1.807, 2.05) is 4.90 Å². The fourth-order valence-corrected chi connectivity index (χ4v) is 3.84. The molecule has 3 rings (SSSR count). The predicted molar refractivity (Wildman–Crippen MR) is 92.7 cm³/mol. The molecule has 1 aliphatic heterocycles. The van der Waals surface area contributed by atoms with Gasteiger partial charge in [-0.3, -0.25) is 4.79 Å². The average molecular weight is 347 g/mol. The Morgan fingerprint density at radius 1 is 1.42 bits per heavy atom. The Labute approximate surface area is 144 Å². The molecule has 2 aromatic heterocycles. The third-order valence-corrected chi connectivity index (χ3v) is 5.28. The highest BCUT2D eigenvalue weighted by Crippen LogP contribution is 2.21. The van der Waals surface area contributed by atoms with Crippen molar-refractivity contribution in [3.8, 4) is 5.75 Å². The minimum atomic E-state index is -0.415. The van der Waals surface area contributed by atoms with Crippen molar-refractivity contribution in [2.45, 2.75) is 39.2 Å². The third-order valence-electron chi connectivity index (χ3n) is 4.20. The van der Waals surface area contributed by atoms with Crippen molar-refractivity contribution in [2.24, 2.45) is 0 Å². The SMILES string of the molecule is Cc1cc(O[C@@H]2CCN(C(=O)CCc3sccc3C)C2)cc(=O)o1. The Balaban J connectivity index is 1.52. The van der Waals surface area contributed by atoms with Crippen LogP contribution in [0.1, 0.15) is 29.0 Å². The fourth-order valence-electron chi connectivity index (χ4n) is 2.93. The maximum Gasteiger partial charge on any atom is 0.339 e. The standard InChI is InChI=1S/C18H21NO4S/c1-12-6-8-24-16(12)3-4-17(20)19-7-5-14(11-19)23-15-9-13(2)22-18(21)10-15/h6,8-10,14H,3-5,7,11H2,1-2H3/t14-/m1/s1. The summed E-state index contributed by atoms with van der Waals surface area (Å²) in [6.07, 6.45) is 2.03. The van der Waals surface area contributed by atoms with Crippen LogP contribution in [0.3, 0.4) is 0 Å². The van der Waals surface area contributed by atoms with E-state index in [2.05, 4.69) is 18.4 Å². The van der Waals surface area contributed by atoms with Crippen molar-refractivity contribution in [3.63, 3.8) is 0 Å². The summed E-state index contributed by atoms with van der Waals surface area (Å²) >= 11 is 1.71. The number of aryl methyl sites for hydroxylation is 3. The van der Waals surface area contributed by atoms with Crippen LogP contribution in [0.5, 0.6) is 5.75 Å². The largest absolute Gasteiger partial charge is 0.488 e. The van der Waals surface area contributed by atoms with Crippen LogP contribution in [0, 0.1) is 13.8 Å². The molecule has 0 radical (unpaired) electrons. The Morgan fingerprint density at radius 3 is 2.96 bits per heavy atom. The Bertz CT molecular complexity index is 779. The summed E-state index contributed by atoms with van der Waals surface area (Å²) in [4.78, 5) is 26.9. The molecule has 1 saturated heterocycles. The summed E-state index contributed by atoms with van der Waals surface area (Å²) in [5, 5.41) is 2.06. The van der Waals surface area contributed by atoms with Crippen LogP contribution in [0.4, 0.5) is 0 Å². The van der Waals surface area contributed by atoms with E-state index < -0.39 is 5.63 Å². The second kappa shape index (κ2) is 7.21. The summed E-state index contributed by atoms with van der Waals surface area (Å²) in [5.74, 6) is 1.20. The van der Waals surface area contributed by atoms with Crippen LogP contribution in [-0.2, 0) is 11.2 Å². The minimum absolute atomic E-state index is 0.0707. The number of amides is 1. The molecular formula is C18H21NO4S. The molecule has 0 saturated carbocycles. The van der Waals surface area contributed by atoms with Crippen molar-refractivity contribution < 1.29 is 13.9 Å². The molecule has 24 heavy (non-hydrogen) atoms. The molecule has 0 N–H and O–H groups in total. The Kier molecular flexibility index (Phi) is 5.04. The smallest absolute Gasteiger partial charge is 0.339 e. The van der Waals surface area contributed by atoms with Crippen molar-refractivity contribution in [2.75, 3.05) is 13.1 Å². The van der Waals surface area contributed by atoms with E-state index in [9.17, 15) is 9.59 Å². The highest BCUT2D eigenvalue weighted by atomic mass is 32.1. The van der Waals surface area contributed by atoms with Crippen LogP contribution >= 0.6 is 11.3 Å². The number of thiophene rings is 1. The van der Waals surface area contributed by atoms with Gasteiger partial charge in [-0.2, -0.15) is 0 Å². The van der Waals surface area contributed by atoms with Gasteiger partial charge in [-0.1, -0.05) is 0 Å². The van der Waals surface area contributed by atoms with Crippen LogP contribution in [0.2, 0.25) is 0 Å². The Hall–Kier alpha value is -2.08. The van der Waals surface area contributed by atoms with Gasteiger partial charge in [-0.05, 0) is 37.3 Å². The zero-order chi connectivity index (χ0) is 17.1. The van der Waals surface area contributed by atoms with Gasteiger partial charge in [0, 0.05) is 30.3 Å². The van der Waals surface area contributed by atoms with E-state index in [1.165, 1.54) is 16.5 Å². The molecule has 0 spiro atoms. The van der Waals surface area contributed by atoms with E-state index in [4.69, 9.17) is 9.15 Å². The van der Waals surface area contributed by atoms with Gasteiger partial charge >= 0.3 is 5.63 Å². The van der Waals surface area contributed by atoms with Crippen LogP contribution in [0.25, 0.3) is 0 Å². The lowest BCUT2D eigenvalue weighted by Crippen LogP contribution is -2.31. The van der Waals surface area contributed by atoms with Gasteiger partial charge in [0.15, 0.2) is 0 Å². The molecule has 6 heteroatoms. The van der Waals surface area contributed by atoms with Gasteiger partial charge in [0.05, 0.1) is 12.6 Å². The molecular weight excluding hydrogens is 326 g/mol. The number of hydrogen-bond donors (Lipinski definition) is 0. The predicted octanol–water partition coefficient (Wildman–Crippen LogP) is 2.93. The first kappa shape index (κ1) is 16.8. The monoisotopic (exact) mass is 347 g/mol. The minimum Gasteiger partial charge on any atom is -0.488 e. The fraction of sp³-hybridized carbons (Fsp3) is 0.444. The van der Waals surface area contributed by atoms with E-state index >= 15 is 0 Å². The molecule has 1 aliphatic rings. The number of likely N-dealkylation sites (tertiary alicyclic amines) is 1. The van der Waals surface area contributed by atoms with Gasteiger partial charge < -0.3 is 14.1 Å². The lowest BCUT2D eigenvalue weighted by Gasteiger charge is -2.17. The van der Waals surface area contributed by atoms with E-state index in [-0.39, 0.29) is 12.0 Å². The van der Waals surface area contributed by atoms with E-state index in [0.29, 0.717) is 31.0 Å². The van der Waals surface area contributed by atoms with Crippen molar-refractivity contribution in [1.29, 1.82) is 0 Å². The molecule has 0 aromatic carbocycles. The number of rotatable bonds is 5. The lowest BCUT2D eigenvalue weighted by atomic mass is 10.2. The number of nitrogens with zero attached hydrogens (tertiary/aromatic N) is 1. The summed E-state index contributed by atoms with van der Waals surface area (Å²) in [6.45, 7) is 5.06. The number of carbonyl (C=O) groups is 1. The molecule has 0 aliphatic carbocycles. The number of ether oxygens (including phenoxy) is 1. The van der Waals surface area contributed by atoms with Crippen molar-refractivity contribution in [3.05, 3.63) is 50.2 Å². The lowest BCUT2D eigenvalue weighted by molar-refractivity contribution is -0.130. The number of hydrogen-bond acceptors (Lipinski definition) is 5. The molecule has 0 bridgehead atoms. The van der Waals surface area contributed by atoms with E-state index in [0.717, 1.165) is 12.8 Å². The van der Waals surface area contributed by atoms with Gasteiger partial charge in [0.1, 0.15) is 17.6 Å². The first-order valence-electron chi connectivity index (χ1n) is 8.10. The van der Waals surface area contributed by atoms with Crippen molar-refractivity contribution in [1.82, 2.24) is 4.90 Å². The summed E-state index contributed by atoms with van der Waals surface area (Å²) < 4.78 is 10.8. The summed E-state index contributed by atoms with van der Waals surface area (Å²) in [6, 6.07) is 5.13. The highest BCUT2D eigenvalue weighted by molar-refractivity contribution is 7.10. The molecule has 2 aromatic rings. The Morgan fingerprint density at radius 2 is 2.25 bits per heavy atom. The average Bonchev–Trinajstić information content (AvgIpc) is 3.13. The molecule has 128 valence electrons. The van der Waals surface area contributed by atoms with Crippen LogP contribution in [0.15, 0.2) is 32.8 Å². The number of carbonyl (C=O) groups excluding carboxylic acids is 1. The normalized spacial score (nSPS) is 17.2. The van der Waals surface area contributed by atoms with Gasteiger partial charge in [-0.15, -0.1) is 11.3 Å². The van der Waals surface area contributed by atoms with Gasteiger partial charge in [0.25, 0.3) is 0 Å². The molecule has 0 unspecified atom stereocenters. The third kappa shape index (κ3) is 4.06. The topological polar surface area (TPSA) is 59.8 Å². The molecule has 1 amide bonds. The molecule has 1 atom stereocenters. The summed E-state index contributed by atoms with van der Waals surface area (Å²) in [5.41, 5.74) is 0.843.